The maximum absolute atomic E-state index is 12.1. The molecule has 0 fully saturated rings. The monoisotopic (exact) mass is 338 g/mol. The summed E-state index contributed by atoms with van der Waals surface area (Å²) >= 11 is 7.43. The van der Waals surface area contributed by atoms with Gasteiger partial charge in [0, 0.05) is 23.1 Å². The lowest BCUT2D eigenvalue weighted by Gasteiger charge is -2.23. The van der Waals surface area contributed by atoms with Crippen molar-refractivity contribution in [3.05, 3.63) is 51.4 Å². The van der Waals surface area contributed by atoms with E-state index in [-0.39, 0.29) is 12.1 Å². The van der Waals surface area contributed by atoms with Crippen molar-refractivity contribution in [2.24, 2.45) is 0 Å². The molecular weight excluding hydrogens is 320 g/mol. The van der Waals surface area contributed by atoms with E-state index in [4.69, 9.17) is 11.6 Å². The van der Waals surface area contributed by atoms with Gasteiger partial charge in [-0.15, -0.1) is 11.3 Å². The van der Waals surface area contributed by atoms with Crippen LogP contribution in [-0.2, 0) is 6.54 Å². The number of halogens is 1. The minimum Gasteiger partial charge on any atom is -0.332 e. The van der Waals surface area contributed by atoms with E-state index in [1.165, 1.54) is 11.3 Å². The Morgan fingerprint density at radius 2 is 2.09 bits per heavy atom. The van der Waals surface area contributed by atoms with Crippen molar-refractivity contribution in [3.63, 3.8) is 0 Å². The van der Waals surface area contributed by atoms with Gasteiger partial charge in [-0.3, -0.25) is 0 Å². The summed E-state index contributed by atoms with van der Waals surface area (Å²) in [4.78, 5) is 18.2. The van der Waals surface area contributed by atoms with Crippen LogP contribution in [0.1, 0.15) is 16.6 Å². The molecule has 0 aliphatic heterocycles. The van der Waals surface area contributed by atoms with Crippen molar-refractivity contribution in [2.75, 3.05) is 20.6 Å². The molecule has 0 aliphatic rings. The highest BCUT2D eigenvalue weighted by molar-refractivity contribution is 7.09. The van der Waals surface area contributed by atoms with Gasteiger partial charge in [0.05, 0.1) is 12.6 Å². The number of carbonyl (C=O) groups excluding carboxylic acids is 1. The molecule has 1 aromatic carbocycles. The van der Waals surface area contributed by atoms with E-state index >= 15 is 0 Å². The highest BCUT2D eigenvalue weighted by Gasteiger charge is 2.15. The molecule has 0 saturated heterocycles. The molecule has 0 radical (unpaired) electrons. The third-order valence-electron chi connectivity index (χ3n) is 3.01. The minimum absolute atomic E-state index is 0.108. The number of benzene rings is 1. The largest absolute Gasteiger partial charge is 0.332 e. The van der Waals surface area contributed by atoms with Gasteiger partial charge in [0.2, 0.25) is 0 Å². The van der Waals surface area contributed by atoms with E-state index < -0.39 is 0 Å². The van der Waals surface area contributed by atoms with E-state index in [1.807, 2.05) is 48.6 Å². The van der Waals surface area contributed by atoms with E-state index in [0.717, 1.165) is 10.6 Å². The van der Waals surface area contributed by atoms with Gasteiger partial charge in [0.25, 0.3) is 0 Å². The summed E-state index contributed by atoms with van der Waals surface area (Å²) in [5.74, 6) is 0. The Labute approximate surface area is 139 Å². The van der Waals surface area contributed by atoms with Gasteiger partial charge in [-0.1, -0.05) is 23.7 Å². The zero-order valence-corrected chi connectivity index (χ0v) is 14.1. The molecule has 0 saturated carbocycles. The van der Waals surface area contributed by atoms with Crippen LogP contribution >= 0.6 is 22.9 Å². The van der Waals surface area contributed by atoms with Crippen molar-refractivity contribution in [3.8, 4) is 0 Å². The van der Waals surface area contributed by atoms with Gasteiger partial charge >= 0.3 is 6.03 Å². The number of aromatic nitrogens is 1. The lowest BCUT2D eigenvalue weighted by molar-refractivity contribution is 0.232. The SMILES string of the molecule is CN(C)C[C@@H](NC(=O)NCc1nccs1)c1ccc(Cl)cc1. The van der Waals surface area contributed by atoms with Gasteiger partial charge in [-0.2, -0.15) is 0 Å². The molecule has 0 unspecified atom stereocenters. The number of nitrogens with one attached hydrogen (secondary N) is 2. The number of hydrogen-bond acceptors (Lipinski definition) is 4. The molecule has 0 spiro atoms. The molecule has 1 atom stereocenters. The van der Waals surface area contributed by atoms with Crippen molar-refractivity contribution >= 4 is 29.0 Å². The Balaban J connectivity index is 1.96. The third-order valence-corrected chi connectivity index (χ3v) is 4.04. The highest BCUT2D eigenvalue weighted by atomic mass is 35.5. The van der Waals surface area contributed by atoms with Crippen LogP contribution in [0.4, 0.5) is 4.79 Å². The molecule has 5 nitrogen and oxygen atoms in total. The number of urea groups is 1. The lowest BCUT2D eigenvalue weighted by atomic mass is 10.1. The van der Waals surface area contributed by atoms with E-state index in [0.29, 0.717) is 18.1 Å². The van der Waals surface area contributed by atoms with Crippen LogP contribution in [-0.4, -0.2) is 36.6 Å². The van der Waals surface area contributed by atoms with E-state index in [9.17, 15) is 4.79 Å². The maximum atomic E-state index is 12.1. The first-order chi connectivity index (χ1) is 10.5. The number of nitrogens with zero attached hydrogens (tertiary/aromatic N) is 2. The summed E-state index contributed by atoms with van der Waals surface area (Å²) < 4.78 is 0. The maximum Gasteiger partial charge on any atom is 0.315 e. The van der Waals surface area contributed by atoms with Crippen molar-refractivity contribution in [2.45, 2.75) is 12.6 Å². The Morgan fingerprint density at radius 3 is 2.68 bits per heavy atom. The number of rotatable bonds is 6. The van der Waals surface area contributed by atoms with Gasteiger partial charge in [0.1, 0.15) is 5.01 Å². The number of carbonyl (C=O) groups is 1. The summed E-state index contributed by atoms with van der Waals surface area (Å²) in [6.07, 6.45) is 1.72. The van der Waals surface area contributed by atoms with Crippen molar-refractivity contribution < 1.29 is 4.79 Å². The van der Waals surface area contributed by atoms with Crippen molar-refractivity contribution in [1.82, 2.24) is 20.5 Å². The van der Waals surface area contributed by atoms with Crippen LogP contribution in [0.5, 0.6) is 0 Å². The number of amides is 2. The summed E-state index contributed by atoms with van der Waals surface area (Å²) in [6, 6.07) is 7.19. The fourth-order valence-corrected chi connectivity index (χ4v) is 2.68. The zero-order valence-electron chi connectivity index (χ0n) is 12.5. The van der Waals surface area contributed by atoms with Crippen LogP contribution in [0.2, 0.25) is 5.02 Å². The molecule has 22 heavy (non-hydrogen) atoms. The normalized spacial score (nSPS) is 12.2. The molecular formula is C15H19ClN4OS. The third kappa shape index (κ3) is 5.29. The van der Waals surface area contributed by atoms with Crippen LogP contribution in [0, 0.1) is 0 Å². The summed E-state index contributed by atoms with van der Waals surface area (Å²) in [5.41, 5.74) is 1.02. The highest BCUT2D eigenvalue weighted by Crippen LogP contribution is 2.17. The zero-order chi connectivity index (χ0) is 15.9. The van der Waals surface area contributed by atoms with Crippen LogP contribution < -0.4 is 10.6 Å². The molecule has 1 heterocycles. The molecule has 2 amide bonds. The second-order valence-corrected chi connectivity index (χ2v) is 6.53. The molecule has 2 N–H and O–H groups in total. The summed E-state index contributed by atoms with van der Waals surface area (Å²) in [6.45, 7) is 1.13. The second-order valence-electron chi connectivity index (χ2n) is 5.12. The van der Waals surface area contributed by atoms with E-state index in [2.05, 4.69) is 15.6 Å². The molecule has 0 aliphatic carbocycles. The van der Waals surface area contributed by atoms with Gasteiger partial charge in [0.15, 0.2) is 0 Å². The summed E-state index contributed by atoms with van der Waals surface area (Å²) in [5, 5.41) is 9.26. The smallest absolute Gasteiger partial charge is 0.315 e. The molecule has 2 rings (SSSR count). The topological polar surface area (TPSA) is 57.3 Å². The second kappa shape index (κ2) is 8.12. The van der Waals surface area contributed by atoms with Gasteiger partial charge in [-0.25, -0.2) is 9.78 Å². The fourth-order valence-electron chi connectivity index (χ4n) is 2.00. The predicted molar refractivity (Wildman–Crippen MR) is 90.2 cm³/mol. The van der Waals surface area contributed by atoms with E-state index in [1.54, 1.807) is 6.20 Å². The minimum atomic E-state index is -0.211. The molecule has 2 aromatic rings. The number of hydrogen-bond donors (Lipinski definition) is 2. The lowest BCUT2D eigenvalue weighted by Crippen LogP contribution is -2.41. The Hall–Kier alpha value is -1.63. The quantitative estimate of drug-likeness (QED) is 0.851. The Kier molecular flexibility index (Phi) is 6.18. The molecule has 7 heteroatoms. The van der Waals surface area contributed by atoms with Gasteiger partial charge in [-0.05, 0) is 31.8 Å². The Morgan fingerprint density at radius 1 is 1.36 bits per heavy atom. The molecule has 118 valence electrons. The Bertz CT molecular complexity index is 586. The first-order valence-electron chi connectivity index (χ1n) is 6.87. The van der Waals surface area contributed by atoms with Crippen molar-refractivity contribution in [1.29, 1.82) is 0 Å². The van der Waals surface area contributed by atoms with Gasteiger partial charge < -0.3 is 15.5 Å². The van der Waals surface area contributed by atoms with Crippen LogP contribution in [0.3, 0.4) is 0 Å². The summed E-state index contributed by atoms with van der Waals surface area (Å²) in [7, 11) is 3.94. The standard InChI is InChI=1S/C15H19ClN4OS/c1-20(2)10-13(11-3-5-12(16)6-4-11)19-15(21)18-9-14-17-7-8-22-14/h3-8,13H,9-10H2,1-2H3,(H2,18,19,21)/t13-/m1/s1. The predicted octanol–water partition coefficient (Wildman–Crippen LogP) is 2.90. The average Bonchev–Trinajstić information content (AvgIpc) is 2.98. The number of likely N-dealkylation sites (N-methyl/N-ethyl adjacent to an activating group) is 1. The molecule has 1 aromatic heterocycles. The first-order valence-corrected chi connectivity index (χ1v) is 8.13. The van der Waals surface area contributed by atoms with Crippen LogP contribution in [0.15, 0.2) is 35.8 Å². The average molecular weight is 339 g/mol. The number of thiazole rings is 1. The van der Waals surface area contributed by atoms with Crippen LogP contribution in [0.25, 0.3) is 0 Å². The molecule has 0 bridgehead atoms. The fraction of sp³-hybridized carbons (Fsp3) is 0.333. The first kappa shape index (κ1) is 16.7.